The molecule has 1 saturated heterocycles. The van der Waals surface area contributed by atoms with Crippen LogP contribution in [0.4, 0.5) is 0 Å². The van der Waals surface area contributed by atoms with E-state index in [-0.39, 0.29) is 18.4 Å². The molecule has 1 heterocycles. The van der Waals surface area contributed by atoms with Crippen molar-refractivity contribution in [3.63, 3.8) is 0 Å². The number of carbonyl (C=O) groups is 3. The standard InChI is InChI=1S/C13H15N3O3/c1-15-6-7-16(8-11(15)17)13(19)10-4-2-9(3-5-10)12(14)18/h2-5H,6-8H2,1H3,(H2,14,18). The van der Waals surface area contributed by atoms with Crippen molar-refractivity contribution >= 4 is 17.7 Å². The first kappa shape index (κ1) is 13.1. The SMILES string of the molecule is CN1CCN(C(=O)c2ccc(C(N)=O)cc2)CC1=O. The van der Waals surface area contributed by atoms with Crippen molar-refractivity contribution in [2.75, 3.05) is 26.7 Å². The molecule has 0 aromatic heterocycles. The maximum atomic E-state index is 12.2. The fraction of sp³-hybridized carbons (Fsp3) is 0.308. The summed E-state index contributed by atoms with van der Waals surface area (Å²) in [5.74, 6) is -0.820. The molecule has 6 heteroatoms. The molecule has 2 rings (SSSR count). The largest absolute Gasteiger partial charge is 0.366 e. The molecule has 0 radical (unpaired) electrons. The number of piperazine rings is 1. The first-order valence-corrected chi connectivity index (χ1v) is 5.92. The summed E-state index contributed by atoms with van der Waals surface area (Å²) < 4.78 is 0. The van der Waals surface area contributed by atoms with Crippen LogP contribution in [0.3, 0.4) is 0 Å². The lowest BCUT2D eigenvalue weighted by atomic mass is 10.1. The zero-order chi connectivity index (χ0) is 14.0. The summed E-state index contributed by atoms with van der Waals surface area (Å²) in [6.07, 6.45) is 0. The Balaban J connectivity index is 2.11. The van der Waals surface area contributed by atoms with E-state index in [9.17, 15) is 14.4 Å². The average molecular weight is 261 g/mol. The average Bonchev–Trinajstić information content (AvgIpc) is 2.41. The van der Waals surface area contributed by atoms with E-state index in [1.54, 1.807) is 24.1 Å². The molecule has 1 aliphatic heterocycles. The topological polar surface area (TPSA) is 83.7 Å². The number of nitrogens with two attached hydrogens (primary N) is 1. The van der Waals surface area contributed by atoms with Crippen LogP contribution in [0, 0.1) is 0 Å². The van der Waals surface area contributed by atoms with E-state index >= 15 is 0 Å². The molecule has 1 aliphatic rings. The number of hydrogen-bond acceptors (Lipinski definition) is 3. The molecule has 19 heavy (non-hydrogen) atoms. The summed E-state index contributed by atoms with van der Waals surface area (Å²) in [5, 5.41) is 0. The van der Waals surface area contributed by atoms with Gasteiger partial charge in [-0.05, 0) is 24.3 Å². The Morgan fingerprint density at radius 3 is 2.21 bits per heavy atom. The van der Waals surface area contributed by atoms with Crippen molar-refractivity contribution < 1.29 is 14.4 Å². The van der Waals surface area contributed by atoms with Crippen LogP contribution >= 0.6 is 0 Å². The molecule has 0 saturated carbocycles. The zero-order valence-corrected chi connectivity index (χ0v) is 10.6. The summed E-state index contributed by atoms with van der Waals surface area (Å²) in [5.41, 5.74) is 5.93. The van der Waals surface area contributed by atoms with Gasteiger partial charge >= 0.3 is 0 Å². The van der Waals surface area contributed by atoms with Crippen LogP contribution in [0.5, 0.6) is 0 Å². The molecule has 0 bridgehead atoms. The minimum atomic E-state index is -0.534. The minimum Gasteiger partial charge on any atom is -0.366 e. The van der Waals surface area contributed by atoms with E-state index in [1.165, 1.54) is 17.0 Å². The molecule has 0 atom stereocenters. The second-order valence-corrected chi connectivity index (χ2v) is 4.48. The van der Waals surface area contributed by atoms with Gasteiger partial charge in [-0.15, -0.1) is 0 Å². The van der Waals surface area contributed by atoms with Gasteiger partial charge in [0.2, 0.25) is 11.8 Å². The first-order chi connectivity index (χ1) is 8.99. The summed E-state index contributed by atoms with van der Waals surface area (Å²) >= 11 is 0. The van der Waals surface area contributed by atoms with Crippen LogP contribution in [0.1, 0.15) is 20.7 Å². The van der Waals surface area contributed by atoms with E-state index in [1.807, 2.05) is 0 Å². The molecule has 0 unspecified atom stereocenters. The number of primary amides is 1. The number of benzene rings is 1. The Kier molecular flexibility index (Phi) is 3.50. The van der Waals surface area contributed by atoms with Crippen LogP contribution in [0.15, 0.2) is 24.3 Å². The van der Waals surface area contributed by atoms with Crippen LogP contribution in [0.2, 0.25) is 0 Å². The highest BCUT2D eigenvalue weighted by atomic mass is 16.2. The summed E-state index contributed by atoms with van der Waals surface area (Å²) in [4.78, 5) is 37.8. The Morgan fingerprint density at radius 1 is 1.11 bits per heavy atom. The maximum absolute atomic E-state index is 12.2. The number of rotatable bonds is 2. The smallest absolute Gasteiger partial charge is 0.254 e. The van der Waals surface area contributed by atoms with Gasteiger partial charge < -0.3 is 15.5 Å². The van der Waals surface area contributed by atoms with Crippen LogP contribution in [0.25, 0.3) is 0 Å². The Hall–Kier alpha value is -2.37. The van der Waals surface area contributed by atoms with Gasteiger partial charge in [0.15, 0.2) is 0 Å². The molecule has 2 N–H and O–H groups in total. The predicted molar refractivity (Wildman–Crippen MR) is 68.5 cm³/mol. The molecule has 0 spiro atoms. The highest BCUT2D eigenvalue weighted by Crippen LogP contribution is 2.10. The first-order valence-electron chi connectivity index (χ1n) is 5.92. The highest BCUT2D eigenvalue weighted by molar-refractivity contribution is 5.98. The molecule has 1 aromatic carbocycles. The quantitative estimate of drug-likeness (QED) is 0.793. The normalized spacial score (nSPS) is 15.5. The number of nitrogens with zero attached hydrogens (tertiary/aromatic N) is 2. The van der Waals surface area contributed by atoms with Crippen molar-refractivity contribution in [2.45, 2.75) is 0 Å². The van der Waals surface area contributed by atoms with Gasteiger partial charge in [0.25, 0.3) is 5.91 Å². The van der Waals surface area contributed by atoms with Crippen molar-refractivity contribution in [2.24, 2.45) is 5.73 Å². The molecule has 1 fully saturated rings. The fourth-order valence-corrected chi connectivity index (χ4v) is 1.89. The predicted octanol–water partition coefficient (Wildman–Crippen LogP) is -0.300. The third-order valence-electron chi connectivity index (χ3n) is 3.16. The fourth-order valence-electron chi connectivity index (χ4n) is 1.89. The Labute approximate surface area is 110 Å². The van der Waals surface area contributed by atoms with Crippen molar-refractivity contribution in [3.8, 4) is 0 Å². The van der Waals surface area contributed by atoms with Gasteiger partial charge in [-0.3, -0.25) is 14.4 Å². The van der Waals surface area contributed by atoms with E-state index in [2.05, 4.69) is 0 Å². The summed E-state index contributed by atoms with van der Waals surface area (Å²) in [6.45, 7) is 1.13. The lowest BCUT2D eigenvalue weighted by Crippen LogP contribution is -2.50. The third kappa shape index (κ3) is 2.73. The minimum absolute atomic E-state index is 0.0756. The molecule has 1 aromatic rings. The van der Waals surface area contributed by atoms with Gasteiger partial charge in [-0.1, -0.05) is 0 Å². The summed E-state index contributed by atoms with van der Waals surface area (Å²) in [6, 6.07) is 6.11. The third-order valence-corrected chi connectivity index (χ3v) is 3.16. The van der Waals surface area contributed by atoms with Gasteiger partial charge in [0.05, 0.1) is 0 Å². The van der Waals surface area contributed by atoms with Gasteiger partial charge in [0.1, 0.15) is 6.54 Å². The van der Waals surface area contributed by atoms with Crippen LogP contribution in [-0.4, -0.2) is 54.2 Å². The van der Waals surface area contributed by atoms with Gasteiger partial charge in [-0.25, -0.2) is 0 Å². The van der Waals surface area contributed by atoms with E-state index in [0.29, 0.717) is 24.2 Å². The van der Waals surface area contributed by atoms with E-state index < -0.39 is 5.91 Å². The van der Waals surface area contributed by atoms with E-state index in [4.69, 9.17) is 5.73 Å². The maximum Gasteiger partial charge on any atom is 0.254 e. The number of hydrogen-bond donors (Lipinski definition) is 1. The lowest BCUT2D eigenvalue weighted by Gasteiger charge is -2.32. The molecule has 6 nitrogen and oxygen atoms in total. The molecular weight excluding hydrogens is 246 g/mol. The molecular formula is C13H15N3O3. The molecule has 0 aliphatic carbocycles. The summed E-state index contributed by atoms with van der Waals surface area (Å²) in [7, 11) is 1.71. The van der Waals surface area contributed by atoms with Crippen molar-refractivity contribution in [1.82, 2.24) is 9.80 Å². The monoisotopic (exact) mass is 261 g/mol. The Morgan fingerprint density at radius 2 is 1.68 bits per heavy atom. The number of carbonyl (C=O) groups excluding carboxylic acids is 3. The van der Waals surface area contributed by atoms with Crippen molar-refractivity contribution in [1.29, 1.82) is 0 Å². The van der Waals surface area contributed by atoms with E-state index in [0.717, 1.165) is 0 Å². The van der Waals surface area contributed by atoms with Gasteiger partial charge in [-0.2, -0.15) is 0 Å². The Bertz CT molecular complexity index is 524. The number of likely N-dealkylation sites (N-methyl/N-ethyl adjacent to an activating group) is 1. The zero-order valence-electron chi connectivity index (χ0n) is 10.6. The number of amides is 3. The molecule has 100 valence electrons. The second-order valence-electron chi connectivity index (χ2n) is 4.48. The highest BCUT2D eigenvalue weighted by Gasteiger charge is 2.25. The lowest BCUT2D eigenvalue weighted by molar-refractivity contribution is -0.133. The molecule has 3 amide bonds. The van der Waals surface area contributed by atoms with Crippen LogP contribution < -0.4 is 5.73 Å². The second kappa shape index (κ2) is 5.09. The van der Waals surface area contributed by atoms with Gasteiger partial charge in [0, 0.05) is 31.3 Å². The van der Waals surface area contributed by atoms with Crippen molar-refractivity contribution in [3.05, 3.63) is 35.4 Å². The van der Waals surface area contributed by atoms with Crippen LogP contribution in [-0.2, 0) is 4.79 Å².